The molecule has 2 aliphatic carbocycles. The summed E-state index contributed by atoms with van der Waals surface area (Å²) < 4.78 is 38.6. The molecule has 2 N–H and O–H groups in total. The second-order valence-corrected chi connectivity index (χ2v) is 6.78. The van der Waals surface area contributed by atoms with Gasteiger partial charge in [0, 0.05) is 5.92 Å². The van der Waals surface area contributed by atoms with Crippen LogP contribution in [0.15, 0.2) is 42.5 Å². The van der Waals surface area contributed by atoms with Crippen molar-refractivity contribution in [1.82, 2.24) is 0 Å². The molecule has 5 heteroatoms. The lowest BCUT2D eigenvalue weighted by Crippen LogP contribution is -2.56. The summed E-state index contributed by atoms with van der Waals surface area (Å²) in [5.41, 5.74) is 5.65. The molecular weight excluding hydrogens is 303 g/mol. The largest absolute Gasteiger partial charge is 0.391 e. The van der Waals surface area contributed by atoms with Crippen molar-refractivity contribution >= 4 is 5.91 Å². The third-order valence-electron chi connectivity index (χ3n) is 5.51. The molecule has 1 amide bonds. The number of hydrogen-bond acceptors (Lipinski definition) is 1. The van der Waals surface area contributed by atoms with E-state index in [2.05, 4.69) is 6.08 Å². The van der Waals surface area contributed by atoms with E-state index in [0.717, 1.165) is 5.56 Å². The number of nitrogens with two attached hydrogens (primary N) is 1. The molecular formula is C18H20F3NO. The van der Waals surface area contributed by atoms with Gasteiger partial charge in [0.05, 0.1) is 11.3 Å². The lowest BCUT2D eigenvalue weighted by atomic mass is 9.52. The second kappa shape index (κ2) is 5.69. The molecule has 2 unspecified atom stereocenters. The number of amides is 1. The van der Waals surface area contributed by atoms with Crippen molar-refractivity contribution in [3.63, 3.8) is 0 Å². The number of alkyl halides is 3. The van der Waals surface area contributed by atoms with Crippen LogP contribution in [0.1, 0.15) is 37.2 Å². The molecule has 2 aliphatic rings. The molecule has 1 fully saturated rings. The van der Waals surface area contributed by atoms with Crippen molar-refractivity contribution < 1.29 is 18.0 Å². The highest BCUT2D eigenvalue weighted by atomic mass is 19.4. The molecule has 1 aromatic rings. The molecule has 0 aromatic heterocycles. The highest BCUT2D eigenvalue weighted by molar-refractivity contribution is 5.82. The standard InChI is InChI=1S/C18H20F3NO/c19-18(20,21)15-10-17(11-15,16(22)23)14-8-4-7-13(9-14)12-5-2-1-3-6-12/h1-7,13-15H,8-11H2,(H2,22,23). The Morgan fingerprint density at radius 1 is 1.17 bits per heavy atom. The van der Waals surface area contributed by atoms with Gasteiger partial charge in [-0.05, 0) is 37.2 Å². The molecule has 2 atom stereocenters. The van der Waals surface area contributed by atoms with Crippen LogP contribution in [0, 0.1) is 17.3 Å². The Hall–Kier alpha value is -1.78. The first kappa shape index (κ1) is 16.1. The van der Waals surface area contributed by atoms with E-state index in [4.69, 9.17) is 5.73 Å². The zero-order valence-electron chi connectivity index (χ0n) is 12.7. The number of allylic oxidation sites excluding steroid dienone is 2. The monoisotopic (exact) mass is 323 g/mol. The van der Waals surface area contributed by atoms with Gasteiger partial charge in [0.25, 0.3) is 0 Å². The minimum atomic E-state index is -4.23. The molecule has 23 heavy (non-hydrogen) atoms. The van der Waals surface area contributed by atoms with Gasteiger partial charge in [0.15, 0.2) is 0 Å². The average molecular weight is 323 g/mol. The van der Waals surface area contributed by atoms with Gasteiger partial charge in [0.2, 0.25) is 5.91 Å². The molecule has 2 nitrogen and oxygen atoms in total. The number of hydrogen-bond donors (Lipinski definition) is 1. The van der Waals surface area contributed by atoms with Gasteiger partial charge in [-0.15, -0.1) is 0 Å². The maximum Gasteiger partial charge on any atom is 0.391 e. The summed E-state index contributed by atoms with van der Waals surface area (Å²) in [4.78, 5) is 11.9. The number of primary amides is 1. The van der Waals surface area contributed by atoms with Crippen LogP contribution in [0.3, 0.4) is 0 Å². The van der Waals surface area contributed by atoms with Crippen molar-refractivity contribution in [1.29, 1.82) is 0 Å². The van der Waals surface area contributed by atoms with Crippen molar-refractivity contribution in [2.75, 3.05) is 0 Å². The van der Waals surface area contributed by atoms with Gasteiger partial charge in [0.1, 0.15) is 0 Å². The van der Waals surface area contributed by atoms with Gasteiger partial charge in [-0.3, -0.25) is 4.79 Å². The highest BCUT2D eigenvalue weighted by Gasteiger charge is 2.61. The molecule has 1 aromatic carbocycles. The first-order valence-corrected chi connectivity index (χ1v) is 7.91. The fourth-order valence-corrected chi connectivity index (χ4v) is 4.07. The van der Waals surface area contributed by atoms with E-state index in [1.54, 1.807) is 0 Å². The average Bonchev–Trinajstić information content (AvgIpc) is 2.46. The second-order valence-electron chi connectivity index (χ2n) is 6.78. The molecule has 1 saturated carbocycles. The van der Waals surface area contributed by atoms with Crippen LogP contribution in [0.25, 0.3) is 0 Å². The summed E-state index contributed by atoms with van der Waals surface area (Å²) in [5, 5.41) is 0. The smallest absolute Gasteiger partial charge is 0.369 e. The molecule has 0 radical (unpaired) electrons. The van der Waals surface area contributed by atoms with Gasteiger partial charge in [-0.1, -0.05) is 42.5 Å². The normalized spacial score (nSPS) is 34.0. The van der Waals surface area contributed by atoms with E-state index in [0.29, 0.717) is 12.8 Å². The first-order chi connectivity index (χ1) is 10.8. The predicted molar refractivity (Wildman–Crippen MR) is 81.5 cm³/mol. The zero-order valence-corrected chi connectivity index (χ0v) is 12.7. The summed E-state index contributed by atoms with van der Waals surface area (Å²) in [7, 11) is 0. The number of carbonyl (C=O) groups excluding carboxylic acids is 1. The summed E-state index contributed by atoms with van der Waals surface area (Å²) >= 11 is 0. The topological polar surface area (TPSA) is 43.1 Å². The Kier molecular flexibility index (Phi) is 3.98. The van der Waals surface area contributed by atoms with E-state index >= 15 is 0 Å². The molecule has 0 spiro atoms. The van der Waals surface area contributed by atoms with Crippen LogP contribution in [-0.2, 0) is 4.79 Å². The summed E-state index contributed by atoms with van der Waals surface area (Å²) in [6.07, 6.45) is 0.808. The van der Waals surface area contributed by atoms with Crippen molar-refractivity contribution in [3.05, 3.63) is 48.0 Å². The summed E-state index contributed by atoms with van der Waals surface area (Å²) in [6, 6.07) is 9.83. The maximum absolute atomic E-state index is 12.9. The van der Waals surface area contributed by atoms with Gasteiger partial charge < -0.3 is 5.73 Å². The molecule has 124 valence electrons. The zero-order chi connectivity index (χ0) is 16.7. The number of halogens is 3. The number of benzene rings is 1. The Bertz CT molecular complexity index is 602. The van der Waals surface area contributed by atoms with Crippen LogP contribution in [0.4, 0.5) is 13.2 Å². The number of rotatable bonds is 3. The maximum atomic E-state index is 12.9. The van der Waals surface area contributed by atoms with Gasteiger partial charge in [-0.25, -0.2) is 0 Å². The quantitative estimate of drug-likeness (QED) is 0.833. The Morgan fingerprint density at radius 2 is 1.83 bits per heavy atom. The van der Waals surface area contributed by atoms with E-state index in [1.165, 1.54) is 0 Å². The third kappa shape index (κ3) is 2.89. The Balaban J connectivity index is 1.78. The van der Waals surface area contributed by atoms with E-state index in [9.17, 15) is 18.0 Å². The summed E-state index contributed by atoms with van der Waals surface area (Å²) in [5.74, 6) is -1.95. The van der Waals surface area contributed by atoms with Crippen LogP contribution in [0.2, 0.25) is 0 Å². The molecule has 0 saturated heterocycles. The predicted octanol–water partition coefficient (Wildman–Crippen LogP) is 4.18. The van der Waals surface area contributed by atoms with Crippen molar-refractivity contribution in [3.8, 4) is 0 Å². The molecule has 0 bridgehead atoms. The molecule has 0 aliphatic heterocycles. The van der Waals surface area contributed by atoms with Gasteiger partial charge >= 0.3 is 6.18 Å². The molecule has 0 heterocycles. The number of carbonyl (C=O) groups is 1. The first-order valence-electron chi connectivity index (χ1n) is 7.91. The van der Waals surface area contributed by atoms with Gasteiger partial charge in [-0.2, -0.15) is 13.2 Å². The summed E-state index contributed by atoms with van der Waals surface area (Å²) in [6.45, 7) is 0. The van der Waals surface area contributed by atoms with Crippen molar-refractivity contribution in [2.45, 2.75) is 37.8 Å². The third-order valence-corrected chi connectivity index (χ3v) is 5.51. The van der Waals surface area contributed by atoms with Crippen LogP contribution in [-0.4, -0.2) is 12.1 Å². The lowest BCUT2D eigenvalue weighted by Gasteiger charge is -2.51. The van der Waals surface area contributed by atoms with Crippen LogP contribution >= 0.6 is 0 Å². The van der Waals surface area contributed by atoms with E-state index in [-0.39, 0.29) is 24.7 Å². The minimum Gasteiger partial charge on any atom is -0.369 e. The van der Waals surface area contributed by atoms with Crippen molar-refractivity contribution in [2.24, 2.45) is 23.0 Å². The minimum absolute atomic E-state index is 0.117. The van der Waals surface area contributed by atoms with E-state index < -0.39 is 23.4 Å². The van der Waals surface area contributed by atoms with Crippen LogP contribution < -0.4 is 5.73 Å². The highest BCUT2D eigenvalue weighted by Crippen LogP contribution is 2.59. The Labute approximate surface area is 133 Å². The fourth-order valence-electron chi connectivity index (χ4n) is 4.07. The fraction of sp³-hybridized carbons (Fsp3) is 0.500. The Morgan fingerprint density at radius 3 is 2.39 bits per heavy atom. The SMILES string of the molecule is NC(=O)C1(C2CC=CC(c3ccccc3)C2)CC(C(F)(F)F)C1. The van der Waals surface area contributed by atoms with E-state index in [1.807, 2.05) is 36.4 Å². The van der Waals surface area contributed by atoms with Crippen LogP contribution in [0.5, 0.6) is 0 Å². The molecule has 3 rings (SSSR count). The lowest BCUT2D eigenvalue weighted by molar-refractivity contribution is -0.227.